The Bertz CT molecular complexity index is 438. The first-order valence-electron chi connectivity index (χ1n) is 10.9. The fraction of sp³-hybridized carbons (Fsp3) is 0.950. The topological polar surface area (TPSA) is 12.2 Å². The standard InChI is InChI=1S/C20H38NO.BF4/c1-4-7-8-10-13-19-16-18(5-2)17-21-15-12-9-11-14-20(19,21)22-6-3;2-1(3,4)5/h17-19H,4-16H2,1-3H3;/q+1;-1. The molecule has 0 aromatic carbocycles. The fourth-order valence-electron chi connectivity index (χ4n) is 4.63. The predicted molar refractivity (Wildman–Crippen MR) is 105 cm³/mol. The molecule has 0 amide bonds. The third kappa shape index (κ3) is 8.53. The van der Waals surface area contributed by atoms with E-state index in [9.17, 15) is 17.3 Å². The number of rotatable bonds is 8. The first kappa shape index (κ1) is 24.5. The average Bonchev–Trinajstić information content (AvgIpc) is 2.80. The van der Waals surface area contributed by atoms with E-state index >= 15 is 0 Å². The molecule has 0 saturated carbocycles. The van der Waals surface area contributed by atoms with Crippen LogP contribution < -0.4 is 0 Å². The number of ether oxygens (including phenoxy) is 1. The van der Waals surface area contributed by atoms with Crippen LogP contribution in [-0.2, 0) is 4.74 Å². The first-order valence-corrected chi connectivity index (χ1v) is 10.9. The zero-order valence-electron chi connectivity index (χ0n) is 17.4. The van der Waals surface area contributed by atoms with Gasteiger partial charge in [0, 0.05) is 18.8 Å². The van der Waals surface area contributed by atoms with Crippen LogP contribution in [-0.4, -0.2) is 36.9 Å². The van der Waals surface area contributed by atoms with Gasteiger partial charge in [-0.2, -0.15) is 0 Å². The summed E-state index contributed by atoms with van der Waals surface area (Å²) in [7, 11) is -6.00. The van der Waals surface area contributed by atoms with Gasteiger partial charge in [0.25, 0.3) is 5.72 Å². The zero-order chi connectivity index (χ0) is 20.3. The number of hydrogen-bond donors (Lipinski definition) is 0. The SMILES string of the molecule is CCCCCCC1CC(CC)C=[N+]2CCCCCC12OCC.F[B-](F)(F)F. The Morgan fingerprint density at radius 2 is 1.74 bits per heavy atom. The van der Waals surface area contributed by atoms with Crippen LogP contribution in [0.5, 0.6) is 0 Å². The smallest absolute Gasteiger partial charge is 0.418 e. The fourth-order valence-corrected chi connectivity index (χ4v) is 4.63. The molecule has 1 saturated heterocycles. The highest BCUT2D eigenvalue weighted by Crippen LogP contribution is 2.42. The molecule has 7 heteroatoms. The molecule has 0 aromatic rings. The van der Waals surface area contributed by atoms with Crippen LogP contribution in [0.25, 0.3) is 0 Å². The van der Waals surface area contributed by atoms with E-state index in [1.54, 1.807) is 0 Å². The van der Waals surface area contributed by atoms with Gasteiger partial charge in [-0.15, -0.1) is 0 Å². The molecule has 0 aliphatic carbocycles. The summed E-state index contributed by atoms with van der Waals surface area (Å²) in [5.74, 6) is 1.50. The number of halogens is 4. The van der Waals surface area contributed by atoms with Gasteiger partial charge in [-0.1, -0.05) is 39.5 Å². The van der Waals surface area contributed by atoms with Crippen molar-refractivity contribution in [2.75, 3.05) is 13.2 Å². The Kier molecular flexibility index (Phi) is 10.9. The summed E-state index contributed by atoms with van der Waals surface area (Å²) in [5.41, 5.74) is 0.0309. The summed E-state index contributed by atoms with van der Waals surface area (Å²) >= 11 is 0. The lowest BCUT2D eigenvalue weighted by molar-refractivity contribution is -0.676. The van der Waals surface area contributed by atoms with Crippen molar-refractivity contribution in [2.24, 2.45) is 11.8 Å². The van der Waals surface area contributed by atoms with Gasteiger partial charge in [0.15, 0.2) is 0 Å². The molecule has 2 heterocycles. The normalized spacial score (nSPS) is 28.5. The van der Waals surface area contributed by atoms with Crippen LogP contribution in [0.3, 0.4) is 0 Å². The minimum Gasteiger partial charge on any atom is -0.418 e. The number of nitrogens with zero attached hydrogens (tertiary/aromatic N) is 1. The Hall–Kier alpha value is -0.585. The number of hydrogen-bond acceptors (Lipinski definition) is 1. The van der Waals surface area contributed by atoms with E-state index in [-0.39, 0.29) is 5.72 Å². The maximum Gasteiger partial charge on any atom is 0.673 e. The predicted octanol–water partition coefficient (Wildman–Crippen LogP) is 6.69. The van der Waals surface area contributed by atoms with Crippen molar-refractivity contribution in [1.82, 2.24) is 0 Å². The van der Waals surface area contributed by atoms with Crippen molar-refractivity contribution in [3.8, 4) is 0 Å². The van der Waals surface area contributed by atoms with Gasteiger partial charge in [0.1, 0.15) is 12.8 Å². The summed E-state index contributed by atoms with van der Waals surface area (Å²) in [6, 6.07) is 0. The second-order valence-electron chi connectivity index (χ2n) is 7.88. The summed E-state index contributed by atoms with van der Waals surface area (Å²) < 4.78 is 48.2. The molecule has 1 fully saturated rings. The number of unbranched alkanes of at least 4 members (excludes halogenated alkanes) is 3. The van der Waals surface area contributed by atoms with E-state index in [2.05, 4.69) is 31.6 Å². The Balaban J connectivity index is 0.000000646. The monoisotopic (exact) mass is 395 g/mol. The molecule has 160 valence electrons. The van der Waals surface area contributed by atoms with E-state index in [0.29, 0.717) is 0 Å². The van der Waals surface area contributed by atoms with Gasteiger partial charge in [-0.05, 0) is 39.0 Å². The summed E-state index contributed by atoms with van der Waals surface area (Å²) in [5, 5.41) is 0. The van der Waals surface area contributed by atoms with Crippen LogP contribution in [0.4, 0.5) is 17.3 Å². The van der Waals surface area contributed by atoms with E-state index in [1.165, 1.54) is 77.2 Å². The van der Waals surface area contributed by atoms with Gasteiger partial charge in [0.05, 0.1) is 12.5 Å². The highest BCUT2D eigenvalue weighted by molar-refractivity contribution is 6.50. The molecule has 3 unspecified atom stereocenters. The molecule has 0 spiro atoms. The Morgan fingerprint density at radius 1 is 1.04 bits per heavy atom. The second kappa shape index (κ2) is 12.1. The quantitative estimate of drug-likeness (QED) is 0.193. The third-order valence-corrected chi connectivity index (χ3v) is 5.86. The first-order chi connectivity index (χ1) is 12.8. The molecule has 27 heavy (non-hydrogen) atoms. The molecule has 0 N–H and O–H groups in total. The summed E-state index contributed by atoms with van der Waals surface area (Å²) in [6.07, 6.45) is 17.3. The molecule has 2 aliphatic rings. The highest BCUT2D eigenvalue weighted by atomic mass is 19.5. The minimum atomic E-state index is -6.00. The molecular weight excluding hydrogens is 357 g/mol. The molecule has 3 atom stereocenters. The molecule has 0 aromatic heterocycles. The van der Waals surface area contributed by atoms with Gasteiger partial charge < -0.3 is 22.0 Å². The Labute approximate surface area is 162 Å². The van der Waals surface area contributed by atoms with Crippen LogP contribution >= 0.6 is 0 Å². The second-order valence-corrected chi connectivity index (χ2v) is 7.88. The summed E-state index contributed by atoms with van der Waals surface area (Å²) in [6.45, 7) is 8.89. The largest absolute Gasteiger partial charge is 0.673 e. The lowest BCUT2D eigenvalue weighted by Gasteiger charge is -2.41. The Morgan fingerprint density at radius 3 is 2.33 bits per heavy atom. The van der Waals surface area contributed by atoms with E-state index in [4.69, 9.17) is 4.74 Å². The van der Waals surface area contributed by atoms with Crippen molar-refractivity contribution in [3.63, 3.8) is 0 Å². The van der Waals surface area contributed by atoms with Crippen LogP contribution in [0.2, 0.25) is 0 Å². The van der Waals surface area contributed by atoms with E-state index < -0.39 is 7.25 Å². The molecule has 0 radical (unpaired) electrons. The maximum absolute atomic E-state index is 9.75. The molecule has 2 aliphatic heterocycles. The van der Waals surface area contributed by atoms with E-state index in [0.717, 1.165) is 18.4 Å². The van der Waals surface area contributed by atoms with Crippen molar-refractivity contribution in [2.45, 2.75) is 97.1 Å². The third-order valence-electron chi connectivity index (χ3n) is 5.86. The van der Waals surface area contributed by atoms with Gasteiger partial charge >= 0.3 is 7.25 Å². The van der Waals surface area contributed by atoms with Crippen LogP contribution in [0.15, 0.2) is 0 Å². The van der Waals surface area contributed by atoms with Crippen molar-refractivity contribution < 1.29 is 26.6 Å². The van der Waals surface area contributed by atoms with Gasteiger partial charge in [-0.3, -0.25) is 0 Å². The van der Waals surface area contributed by atoms with Crippen molar-refractivity contribution in [1.29, 1.82) is 0 Å². The lowest BCUT2D eigenvalue weighted by Crippen LogP contribution is -2.55. The zero-order valence-corrected chi connectivity index (χ0v) is 17.4. The average molecular weight is 395 g/mol. The lowest BCUT2D eigenvalue weighted by atomic mass is 9.77. The molecule has 2 rings (SSSR count). The van der Waals surface area contributed by atoms with Crippen LogP contribution in [0, 0.1) is 11.8 Å². The molecular formula is C20H38BF4NO. The number of fused-ring (bicyclic) bond motifs is 1. The van der Waals surface area contributed by atoms with Gasteiger partial charge in [0.2, 0.25) is 0 Å². The van der Waals surface area contributed by atoms with Crippen molar-refractivity contribution >= 4 is 13.5 Å². The summed E-state index contributed by atoms with van der Waals surface area (Å²) in [4.78, 5) is 0. The van der Waals surface area contributed by atoms with E-state index in [1.807, 2.05) is 0 Å². The van der Waals surface area contributed by atoms with Crippen LogP contribution in [0.1, 0.15) is 91.4 Å². The molecule has 0 bridgehead atoms. The van der Waals surface area contributed by atoms with Gasteiger partial charge in [-0.25, -0.2) is 4.58 Å². The molecule has 2 nitrogen and oxygen atoms in total. The maximum atomic E-state index is 9.75. The minimum absolute atomic E-state index is 0.0309. The highest BCUT2D eigenvalue weighted by Gasteiger charge is 2.52. The van der Waals surface area contributed by atoms with Crippen molar-refractivity contribution in [3.05, 3.63) is 0 Å².